The molecule has 3 rings (SSSR count). The first-order valence-electron chi connectivity index (χ1n) is 10.5. The molecule has 0 bridgehead atoms. The molecule has 0 N–H and O–H groups in total. The number of rotatable bonds is 7. The van der Waals surface area contributed by atoms with Crippen LogP contribution in [0.3, 0.4) is 0 Å². The average Bonchev–Trinajstić information content (AvgIpc) is 3.21. The number of carbonyl (C=O) groups is 3. The van der Waals surface area contributed by atoms with E-state index < -0.39 is 11.6 Å². The van der Waals surface area contributed by atoms with Crippen LogP contribution in [0.5, 0.6) is 0 Å². The van der Waals surface area contributed by atoms with Crippen molar-refractivity contribution >= 4 is 17.9 Å². The summed E-state index contributed by atoms with van der Waals surface area (Å²) in [5, 5.41) is 0. The van der Waals surface area contributed by atoms with Gasteiger partial charge in [0.05, 0.1) is 6.54 Å². The number of amides is 3. The largest absolute Gasteiger partial charge is 0.441 e. The molecule has 152 valence electrons. The Hall–Kier alpha value is -1.79. The van der Waals surface area contributed by atoms with E-state index in [0.29, 0.717) is 45.4 Å². The van der Waals surface area contributed by atoms with E-state index >= 15 is 0 Å². The zero-order chi connectivity index (χ0) is 19.4. The zero-order valence-corrected chi connectivity index (χ0v) is 16.7. The normalized spacial score (nSPS) is 23.3. The van der Waals surface area contributed by atoms with Gasteiger partial charge in [0.1, 0.15) is 11.6 Å². The van der Waals surface area contributed by atoms with Gasteiger partial charge in [-0.25, -0.2) is 4.79 Å². The fraction of sp³-hybridized carbons (Fsp3) is 0.850. The highest BCUT2D eigenvalue weighted by molar-refractivity contribution is 5.88. The van der Waals surface area contributed by atoms with Gasteiger partial charge < -0.3 is 19.4 Å². The lowest BCUT2D eigenvalue weighted by Gasteiger charge is -2.39. The highest BCUT2D eigenvalue weighted by Crippen LogP contribution is 2.34. The molecule has 1 spiro atoms. The molecule has 3 aliphatic heterocycles. The standard InChI is InChI=1S/C20H33N3O4/c1-3-4-5-6-11-22-15-20(27-19(22)26)9-13-21(14-10-20)18(25)16(2)23-12-7-8-17(23)24/h16H,3-15H2,1-2H3/t16-/m1/s1. The van der Waals surface area contributed by atoms with Crippen molar-refractivity contribution in [1.82, 2.24) is 14.7 Å². The molecule has 0 aromatic carbocycles. The van der Waals surface area contributed by atoms with Gasteiger partial charge in [0.2, 0.25) is 11.8 Å². The molecule has 7 heteroatoms. The summed E-state index contributed by atoms with van der Waals surface area (Å²) in [6.45, 7) is 7.24. The summed E-state index contributed by atoms with van der Waals surface area (Å²) in [6.07, 6.45) is 7.07. The Kier molecular flexibility index (Phi) is 6.27. The molecular formula is C20H33N3O4. The van der Waals surface area contributed by atoms with Crippen LogP contribution in [0.2, 0.25) is 0 Å². The van der Waals surface area contributed by atoms with Crippen LogP contribution >= 0.6 is 0 Å². The highest BCUT2D eigenvalue weighted by Gasteiger charge is 2.47. The second-order valence-corrected chi connectivity index (χ2v) is 8.23. The minimum atomic E-state index is -0.439. The Morgan fingerprint density at radius 3 is 2.52 bits per heavy atom. The van der Waals surface area contributed by atoms with Crippen LogP contribution in [0.25, 0.3) is 0 Å². The third-order valence-corrected chi connectivity index (χ3v) is 6.24. The van der Waals surface area contributed by atoms with Crippen LogP contribution in [-0.2, 0) is 14.3 Å². The number of piperidine rings is 1. The van der Waals surface area contributed by atoms with Crippen LogP contribution in [0.4, 0.5) is 4.79 Å². The number of unbranched alkanes of at least 4 members (excludes halogenated alkanes) is 3. The van der Waals surface area contributed by atoms with Gasteiger partial charge in [-0.15, -0.1) is 0 Å². The van der Waals surface area contributed by atoms with Gasteiger partial charge in [-0.2, -0.15) is 0 Å². The maximum atomic E-state index is 12.8. The van der Waals surface area contributed by atoms with Crippen molar-refractivity contribution in [1.29, 1.82) is 0 Å². The maximum Gasteiger partial charge on any atom is 0.410 e. The van der Waals surface area contributed by atoms with Crippen molar-refractivity contribution in [2.75, 3.05) is 32.7 Å². The third kappa shape index (κ3) is 4.38. The summed E-state index contributed by atoms with van der Waals surface area (Å²) in [4.78, 5) is 42.3. The summed E-state index contributed by atoms with van der Waals surface area (Å²) in [5.74, 6) is 0.0913. The van der Waals surface area contributed by atoms with E-state index in [4.69, 9.17) is 4.74 Å². The highest BCUT2D eigenvalue weighted by atomic mass is 16.6. The zero-order valence-electron chi connectivity index (χ0n) is 16.7. The number of hydrogen-bond acceptors (Lipinski definition) is 4. The Balaban J connectivity index is 1.49. The van der Waals surface area contributed by atoms with Gasteiger partial charge in [-0.05, 0) is 19.8 Å². The lowest BCUT2D eigenvalue weighted by molar-refractivity contribution is -0.145. The topological polar surface area (TPSA) is 70.2 Å². The van der Waals surface area contributed by atoms with E-state index in [1.807, 2.05) is 16.7 Å². The van der Waals surface area contributed by atoms with Crippen LogP contribution < -0.4 is 0 Å². The summed E-state index contributed by atoms with van der Waals surface area (Å²) >= 11 is 0. The molecule has 3 aliphatic rings. The molecule has 3 amide bonds. The average molecular weight is 380 g/mol. The summed E-state index contributed by atoms with van der Waals surface area (Å²) in [7, 11) is 0. The molecule has 0 aromatic rings. The van der Waals surface area contributed by atoms with Crippen molar-refractivity contribution < 1.29 is 19.1 Å². The second-order valence-electron chi connectivity index (χ2n) is 8.23. The third-order valence-electron chi connectivity index (χ3n) is 6.24. The first-order chi connectivity index (χ1) is 13.0. The first-order valence-corrected chi connectivity index (χ1v) is 10.5. The number of likely N-dealkylation sites (tertiary alicyclic amines) is 2. The van der Waals surface area contributed by atoms with Gasteiger partial charge in [0, 0.05) is 45.4 Å². The van der Waals surface area contributed by atoms with Gasteiger partial charge in [0.25, 0.3) is 0 Å². The molecule has 3 saturated heterocycles. The summed E-state index contributed by atoms with van der Waals surface area (Å²) < 4.78 is 5.75. The molecule has 0 radical (unpaired) electrons. The number of hydrogen-bond donors (Lipinski definition) is 0. The molecular weight excluding hydrogens is 346 g/mol. The molecule has 1 atom stereocenters. The van der Waals surface area contributed by atoms with Crippen LogP contribution in [0.1, 0.15) is 65.2 Å². The van der Waals surface area contributed by atoms with Gasteiger partial charge in [-0.1, -0.05) is 26.2 Å². The monoisotopic (exact) mass is 379 g/mol. The molecule has 0 unspecified atom stereocenters. The van der Waals surface area contributed by atoms with E-state index in [2.05, 4.69) is 6.92 Å². The fourth-order valence-corrected chi connectivity index (χ4v) is 4.47. The van der Waals surface area contributed by atoms with E-state index in [9.17, 15) is 14.4 Å². The maximum absolute atomic E-state index is 12.8. The van der Waals surface area contributed by atoms with Gasteiger partial charge in [-0.3, -0.25) is 9.59 Å². The summed E-state index contributed by atoms with van der Waals surface area (Å²) in [5.41, 5.74) is -0.439. The van der Waals surface area contributed by atoms with Crippen LogP contribution in [0.15, 0.2) is 0 Å². The second kappa shape index (κ2) is 8.48. The molecule has 0 saturated carbocycles. The van der Waals surface area contributed by atoms with E-state index in [-0.39, 0.29) is 17.9 Å². The van der Waals surface area contributed by atoms with E-state index in [1.54, 1.807) is 4.90 Å². The van der Waals surface area contributed by atoms with Crippen LogP contribution in [-0.4, -0.2) is 77.0 Å². The van der Waals surface area contributed by atoms with Crippen molar-refractivity contribution in [3.8, 4) is 0 Å². The molecule has 3 heterocycles. The first kappa shape index (κ1) is 20.0. The molecule has 27 heavy (non-hydrogen) atoms. The lowest BCUT2D eigenvalue weighted by atomic mass is 9.91. The minimum absolute atomic E-state index is 0.0147. The summed E-state index contributed by atoms with van der Waals surface area (Å²) in [6, 6.07) is -0.393. The molecule has 0 aromatic heterocycles. The number of ether oxygens (including phenoxy) is 1. The Bertz CT molecular complexity index is 572. The van der Waals surface area contributed by atoms with Crippen LogP contribution in [0, 0.1) is 0 Å². The molecule has 3 fully saturated rings. The minimum Gasteiger partial charge on any atom is -0.441 e. The van der Waals surface area contributed by atoms with E-state index in [1.165, 1.54) is 12.8 Å². The quantitative estimate of drug-likeness (QED) is 0.637. The number of nitrogens with zero attached hydrogens (tertiary/aromatic N) is 3. The molecule has 7 nitrogen and oxygen atoms in total. The number of carbonyl (C=O) groups excluding carboxylic acids is 3. The Morgan fingerprint density at radius 2 is 1.89 bits per heavy atom. The SMILES string of the molecule is CCCCCCN1CC2(CCN(C(=O)[C@@H](C)N3CCCC3=O)CC2)OC1=O. The van der Waals surface area contributed by atoms with Crippen molar-refractivity contribution in [3.05, 3.63) is 0 Å². The van der Waals surface area contributed by atoms with E-state index in [0.717, 1.165) is 25.8 Å². The molecule has 0 aliphatic carbocycles. The van der Waals surface area contributed by atoms with Crippen molar-refractivity contribution in [2.24, 2.45) is 0 Å². The van der Waals surface area contributed by atoms with Gasteiger partial charge in [0.15, 0.2) is 0 Å². The Morgan fingerprint density at radius 1 is 1.15 bits per heavy atom. The Labute approximate surface area is 162 Å². The van der Waals surface area contributed by atoms with Crippen molar-refractivity contribution in [3.63, 3.8) is 0 Å². The van der Waals surface area contributed by atoms with Crippen molar-refractivity contribution in [2.45, 2.75) is 76.9 Å². The fourth-order valence-electron chi connectivity index (χ4n) is 4.47. The predicted octanol–water partition coefficient (Wildman–Crippen LogP) is 2.39. The van der Waals surface area contributed by atoms with Gasteiger partial charge >= 0.3 is 6.09 Å². The lowest BCUT2D eigenvalue weighted by Crippen LogP contribution is -2.53. The smallest absolute Gasteiger partial charge is 0.410 e. The predicted molar refractivity (Wildman–Crippen MR) is 101 cm³/mol.